The van der Waals surface area contributed by atoms with Crippen molar-refractivity contribution in [2.24, 2.45) is 0 Å². The van der Waals surface area contributed by atoms with E-state index in [1.165, 1.54) is 10.8 Å². The van der Waals surface area contributed by atoms with Gasteiger partial charge in [-0.2, -0.15) is 0 Å². The van der Waals surface area contributed by atoms with Crippen molar-refractivity contribution < 1.29 is 9.47 Å². The van der Waals surface area contributed by atoms with Gasteiger partial charge in [-0.15, -0.1) is 0 Å². The van der Waals surface area contributed by atoms with Crippen LogP contribution in [0.5, 0.6) is 5.75 Å². The van der Waals surface area contributed by atoms with E-state index in [2.05, 4.69) is 46.4 Å². The van der Waals surface area contributed by atoms with Gasteiger partial charge in [0.1, 0.15) is 18.0 Å². The van der Waals surface area contributed by atoms with E-state index in [9.17, 15) is 0 Å². The first-order valence-electron chi connectivity index (χ1n) is 7.34. The van der Waals surface area contributed by atoms with E-state index in [1.54, 1.807) is 7.11 Å². The van der Waals surface area contributed by atoms with Gasteiger partial charge in [-0.25, -0.2) is 0 Å². The van der Waals surface area contributed by atoms with Crippen molar-refractivity contribution in [3.63, 3.8) is 0 Å². The summed E-state index contributed by atoms with van der Waals surface area (Å²) in [7, 11) is 1.75. The zero-order valence-electron chi connectivity index (χ0n) is 12.3. The van der Waals surface area contributed by atoms with Crippen LogP contribution >= 0.6 is 15.9 Å². The van der Waals surface area contributed by atoms with Crippen LogP contribution in [-0.4, -0.2) is 31.9 Å². The second kappa shape index (κ2) is 6.34. The van der Waals surface area contributed by atoms with Gasteiger partial charge < -0.3 is 14.8 Å². The summed E-state index contributed by atoms with van der Waals surface area (Å²) in [5, 5.41) is 5.81. The smallest absolute Gasteiger partial charge is 0.134 e. The number of rotatable bonds is 5. The standard InChI is InChI=1S/C17H20BrNO2/c1-3-19-13-10-15(17(13)20-2)21-14-9-8-11-6-4-5-7-12(11)16(14)18/h4-9,13,15,17,19H,3,10H2,1-2H3. The van der Waals surface area contributed by atoms with Crippen molar-refractivity contribution in [1.29, 1.82) is 0 Å². The Labute approximate surface area is 133 Å². The summed E-state index contributed by atoms with van der Waals surface area (Å²) in [5.74, 6) is 0.885. The van der Waals surface area contributed by atoms with E-state index < -0.39 is 0 Å². The monoisotopic (exact) mass is 349 g/mol. The third-order valence-corrected chi connectivity index (χ3v) is 4.91. The van der Waals surface area contributed by atoms with Crippen LogP contribution in [0, 0.1) is 0 Å². The van der Waals surface area contributed by atoms with Gasteiger partial charge in [-0.1, -0.05) is 37.3 Å². The van der Waals surface area contributed by atoms with E-state index in [4.69, 9.17) is 9.47 Å². The van der Waals surface area contributed by atoms with Crippen molar-refractivity contribution in [2.75, 3.05) is 13.7 Å². The molecule has 0 radical (unpaired) electrons. The van der Waals surface area contributed by atoms with E-state index in [0.29, 0.717) is 6.04 Å². The maximum Gasteiger partial charge on any atom is 0.134 e. The lowest BCUT2D eigenvalue weighted by Gasteiger charge is -2.43. The number of ether oxygens (including phenoxy) is 2. The Morgan fingerprint density at radius 1 is 1.24 bits per heavy atom. The van der Waals surface area contributed by atoms with Crippen LogP contribution in [-0.2, 0) is 4.74 Å². The second-order valence-corrected chi connectivity index (χ2v) is 6.15. The van der Waals surface area contributed by atoms with Gasteiger partial charge in [0.2, 0.25) is 0 Å². The van der Waals surface area contributed by atoms with Gasteiger partial charge in [-0.05, 0) is 39.3 Å². The van der Waals surface area contributed by atoms with Crippen molar-refractivity contribution in [2.45, 2.75) is 31.6 Å². The predicted octanol–water partition coefficient (Wildman–Crippen LogP) is 3.75. The predicted molar refractivity (Wildman–Crippen MR) is 88.9 cm³/mol. The van der Waals surface area contributed by atoms with E-state index in [1.807, 2.05) is 18.2 Å². The average molecular weight is 350 g/mol. The van der Waals surface area contributed by atoms with E-state index in [-0.39, 0.29) is 12.2 Å². The summed E-state index contributed by atoms with van der Waals surface area (Å²) in [5.41, 5.74) is 0. The van der Waals surface area contributed by atoms with E-state index >= 15 is 0 Å². The Kier molecular flexibility index (Phi) is 4.48. The topological polar surface area (TPSA) is 30.5 Å². The van der Waals surface area contributed by atoms with Crippen molar-refractivity contribution in [3.8, 4) is 5.75 Å². The quantitative estimate of drug-likeness (QED) is 0.891. The van der Waals surface area contributed by atoms with Crippen LogP contribution in [0.3, 0.4) is 0 Å². The number of halogens is 1. The minimum absolute atomic E-state index is 0.108. The molecule has 2 aromatic rings. The molecule has 1 fully saturated rings. The summed E-state index contributed by atoms with van der Waals surface area (Å²) in [6.45, 7) is 3.07. The fraction of sp³-hybridized carbons (Fsp3) is 0.412. The molecule has 21 heavy (non-hydrogen) atoms. The number of likely N-dealkylation sites (N-methyl/N-ethyl adjacent to an activating group) is 1. The molecular formula is C17H20BrNO2. The summed E-state index contributed by atoms with van der Waals surface area (Å²) in [6, 6.07) is 12.8. The molecule has 0 amide bonds. The molecule has 1 aliphatic carbocycles. The highest BCUT2D eigenvalue weighted by molar-refractivity contribution is 9.10. The molecule has 3 unspecified atom stereocenters. The Hall–Kier alpha value is -1.10. The number of methoxy groups -OCH3 is 1. The number of benzene rings is 2. The fourth-order valence-corrected chi connectivity index (χ4v) is 3.53. The molecule has 4 heteroatoms. The molecule has 0 aromatic heterocycles. The maximum atomic E-state index is 6.16. The largest absolute Gasteiger partial charge is 0.486 e. The molecule has 3 atom stereocenters. The third-order valence-electron chi connectivity index (χ3n) is 4.09. The highest BCUT2D eigenvalue weighted by Crippen LogP contribution is 2.36. The third kappa shape index (κ3) is 2.80. The zero-order valence-corrected chi connectivity index (χ0v) is 13.9. The minimum Gasteiger partial charge on any atom is -0.486 e. The molecule has 0 heterocycles. The average Bonchev–Trinajstić information content (AvgIpc) is 2.49. The van der Waals surface area contributed by atoms with Crippen LogP contribution in [0.4, 0.5) is 0 Å². The molecule has 3 rings (SSSR count). The van der Waals surface area contributed by atoms with Crippen molar-refractivity contribution in [1.82, 2.24) is 5.32 Å². The minimum atomic E-state index is 0.108. The second-order valence-electron chi connectivity index (χ2n) is 5.36. The molecule has 1 saturated carbocycles. The van der Waals surface area contributed by atoms with Gasteiger partial charge in [-0.3, -0.25) is 0 Å². The Balaban J connectivity index is 1.78. The van der Waals surface area contributed by atoms with Gasteiger partial charge in [0.25, 0.3) is 0 Å². The number of hydrogen-bond donors (Lipinski definition) is 1. The lowest BCUT2D eigenvalue weighted by molar-refractivity contribution is -0.0885. The van der Waals surface area contributed by atoms with Gasteiger partial charge >= 0.3 is 0 Å². The molecule has 0 saturated heterocycles. The molecule has 3 nitrogen and oxygen atoms in total. The first-order chi connectivity index (χ1) is 10.2. The summed E-state index contributed by atoms with van der Waals surface area (Å²) in [4.78, 5) is 0. The van der Waals surface area contributed by atoms with Crippen LogP contribution < -0.4 is 10.1 Å². The molecule has 1 aliphatic rings. The van der Waals surface area contributed by atoms with Gasteiger partial charge in [0.05, 0.1) is 4.47 Å². The highest BCUT2D eigenvalue weighted by atomic mass is 79.9. The first-order valence-corrected chi connectivity index (χ1v) is 8.14. The molecule has 2 aromatic carbocycles. The van der Waals surface area contributed by atoms with Gasteiger partial charge in [0.15, 0.2) is 0 Å². The summed E-state index contributed by atoms with van der Waals surface area (Å²) < 4.78 is 12.7. The first kappa shape index (κ1) is 14.8. The maximum absolute atomic E-state index is 6.16. The van der Waals surface area contributed by atoms with E-state index in [0.717, 1.165) is 23.2 Å². The molecule has 0 spiro atoms. The number of hydrogen-bond acceptors (Lipinski definition) is 3. The fourth-order valence-electron chi connectivity index (χ4n) is 2.94. The number of nitrogens with one attached hydrogen (secondary N) is 1. The molecule has 112 valence electrons. The molecule has 1 N–H and O–H groups in total. The summed E-state index contributed by atoms with van der Waals surface area (Å²) >= 11 is 3.67. The van der Waals surface area contributed by atoms with Crippen molar-refractivity contribution >= 4 is 26.7 Å². The Bertz CT molecular complexity index is 631. The lowest BCUT2D eigenvalue weighted by Crippen LogP contribution is -2.60. The summed E-state index contributed by atoms with van der Waals surface area (Å²) in [6.07, 6.45) is 1.20. The Morgan fingerprint density at radius 3 is 2.81 bits per heavy atom. The van der Waals surface area contributed by atoms with Crippen LogP contribution in [0.1, 0.15) is 13.3 Å². The number of fused-ring (bicyclic) bond motifs is 1. The van der Waals surface area contributed by atoms with Gasteiger partial charge in [0, 0.05) is 19.6 Å². The molecule has 0 bridgehead atoms. The van der Waals surface area contributed by atoms with Crippen LogP contribution in [0.15, 0.2) is 40.9 Å². The molecular weight excluding hydrogens is 330 g/mol. The van der Waals surface area contributed by atoms with Crippen molar-refractivity contribution in [3.05, 3.63) is 40.9 Å². The lowest BCUT2D eigenvalue weighted by atomic mass is 9.85. The molecule has 0 aliphatic heterocycles. The van der Waals surface area contributed by atoms with Crippen LogP contribution in [0.25, 0.3) is 10.8 Å². The zero-order chi connectivity index (χ0) is 14.8. The SMILES string of the molecule is CCNC1CC(Oc2ccc3ccccc3c2Br)C1OC. The Morgan fingerprint density at radius 2 is 2.05 bits per heavy atom. The normalized spacial score (nSPS) is 24.8. The van der Waals surface area contributed by atoms with Crippen LogP contribution in [0.2, 0.25) is 0 Å². The highest BCUT2D eigenvalue weighted by Gasteiger charge is 2.43.